The van der Waals surface area contributed by atoms with Crippen molar-refractivity contribution in [1.29, 1.82) is 0 Å². The number of methoxy groups -OCH3 is 3. The van der Waals surface area contributed by atoms with Gasteiger partial charge in [-0.05, 0) is 18.9 Å². The van der Waals surface area contributed by atoms with Crippen LogP contribution in [-0.2, 0) is 9.59 Å². The first-order valence-electron chi connectivity index (χ1n) is 9.07. The summed E-state index contributed by atoms with van der Waals surface area (Å²) < 4.78 is 16.3. The van der Waals surface area contributed by atoms with Gasteiger partial charge in [0.1, 0.15) is 11.1 Å². The smallest absolute Gasteiger partial charge is 0.233 e. The molecule has 0 spiro atoms. The molecule has 1 aromatic rings. The summed E-state index contributed by atoms with van der Waals surface area (Å²) in [5.41, 5.74) is 0.892. The third-order valence-corrected chi connectivity index (χ3v) is 6.21. The molecule has 2 aliphatic rings. The molecule has 0 saturated carbocycles. The molecule has 2 heterocycles. The fourth-order valence-corrected chi connectivity index (χ4v) is 4.80. The van der Waals surface area contributed by atoms with Crippen molar-refractivity contribution in [2.45, 2.75) is 24.6 Å². The molecule has 1 unspecified atom stereocenters. The van der Waals surface area contributed by atoms with Gasteiger partial charge >= 0.3 is 0 Å². The van der Waals surface area contributed by atoms with Gasteiger partial charge in [-0.25, -0.2) is 0 Å². The number of ether oxygens (including phenoxy) is 3. The van der Waals surface area contributed by atoms with Crippen molar-refractivity contribution in [2.24, 2.45) is 0 Å². The Hall–Kier alpha value is -2.09. The van der Waals surface area contributed by atoms with Crippen LogP contribution in [0.3, 0.4) is 0 Å². The fraction of sp³-hybridized carbons (Fsp3) is 0.579. The summed E-state index contributed by atoms with van der Waals surface area (Å²) in [5, 5.41) is -0.137. The number of thioether (sulfide) groups is 1. The molecule has 0 radical (unpaired) electrons. The van der Waals surface area contributed by atoms with E-state index in [4.69, 9.17) is 14.2 Å². The third-order valence-electron chi connectivity index (χ3n) is 4.97. The second-order valence-corrected chi connectivity index (χ2v) is 7.61. The lowest BCUT2D eigenvalue weighted by molar-refractivity contribution is -0.128. The quantitative estimate of drug-likeness (QED) is 0.674. The van der Waals surface area contributed by atoms with Gasteiger partial charge in [0.25, 0.3) is 0 Å². The van der Waals surface area contributed by atoms with Crippen LogP contribution in [0.25, 0.3) is 0 Å². The lowest BCUT2D eigenvalue weighted by Gasteiger charge is -2.27. The Balaban J connectivity index is 1.76. The number of likely N-dealkylation sites (tertiary alicyclic amines) is 1. The Morgan fingerprint density at radius 3 is 2.33 bits per heavy atom. The average molecular weight is 394 g/mol. The monoisotopic (exact) mass is 394 g/mol. The Morgan fingerprint density at radius 2 is 1.70 bits per heavy atom. The molecule has 2 fully saturated rings. The van der Waals surface area contributed by atoms with Crippen molar-refractivity contribution in [3.8, 4) is 17.2 Å². The number of amides is 2. The first kappa shape index (κ1) is 19.7. The van der Waals surface area contributed by atoms with Crippen molar-refractivity contribution in [3.05, 3.63) is 17.7 Å². The average Bonchev–Trinajstić information content (AvgIpc) is 3.26. The Morgan fingerprint density at radius 1 is 1.00 bits per heavy atom. The molecule has 2 saturated heterocycles. The van der Waals surface area contributed by atoms with Crippen molar-refractivity contribution in [1.82, 2.24) is 9.80 Å². The summed E-state index contributed by atoms with van der Waals surface area (Å²) in [4.78, 5) is 28.0. The van der Waals surface area contributed by atoms with Crippen LogP contribution in [0.4, 0.5) is 0 Å². The minimum atomic E-state index is -0.137. The predicted octanol–water partition coefficient (Wildman–Crippen LogP) is 2.30. The molecular weight excluding hydrogens is 368 g/mol. The molecule has 0 bridgehead atoms. The van der Waals surface area contributed by atoms with Gasteiger partial charge in [-0.15, -0.1) is 11.8 Å². The molecular formula is C19H26N2O5S. The van der Waals surface area contributed by atoms with Gasteiger partial charge in [0.15, 0.2) is 11.5 Å². The molecule has 0 aliphatic carbocycles. The van der Waals surface area contributed by atoms with E-state index in [1.54, 1.807) is 39.2 Å². The number of hydrogen-bond donors (Lipinski definition) is 0. The largest absolute Gasteiger partial charge is 0.496 e. The molecule has 1 atom stereocenters. The van der Waals surface area contributed by atoms with Gasteiger partial charge in [0.2, 0.25) is 11.8 Å². The van der Waals surface area contributed by atoms with Crippen LogP contribution >= 0.6 is 11.8 Å². The first-order valence-corrected chi connectivity index (χ1v) is 10.1. The van der Waals surface area contributed by atoms with Gasteiger partial charge < -0.3 is 24.0 Å². The van der Waals surface area contributed by atoms with Gasteiger partial charge in [0.05, 0.1) is 27.1 Å². The minimum absolute atomic E-state index is 0.106. The van der Waals surface area contributed by atoms with Crippen molar-refractivity contribution in [2.75, 3.05) is 46.7 Å². The van der Waals surface area contributed by atoms with E-state index in [-0.39, 0.29) is 17.2 Å². The molecule has 27 heavy (non-hydrogen) atoms. The van der Waals surface area contributed by atoms with E-state index in [2.05, 4.69) is 0 Å². The molecule has 1 aromatic carbocycles. The molecule has 7 nitrogen and oxygen atoms in total. The highest BCUT2D eigenvalue weighted by atomic mass is 32.2. The molecule has 0 aromatic heterocycles. The Labute approximate surface area is 163 Å². The fourth-order valence-electron chi connectivity index (χ4n) is 3.57. The lowest BCUT2D eigenvalue weighted by atomic mass is 10.1. The van der Waals surface area contributed by atoms with Crippen LogP contribution in [0.2, 0.25) is 0 Å². The van der Waals surface area contributed by atoms with E-state index in [0.717, 1.165) is 24.9 Å². The second-order valence-electron chi connectivity index (χ2n) is 6.54. The Bertz CT molecular complexity index is 712. The van der Waals surface area contributed by atoms with E-state index in [1.807, 2.05) is 15.9 Å². The number of hydrogen-bond acceptors (Lipinski definition) is 6. The second kappa shape index (κ2) is 8.73. The lowest BCUT2D eigenvalue weighted by Crippen LogP contribution is -2.33. The minimum Gasteiger partial charge on any atom is -0.496 e. The maximum Gasteiger partial charge on any atom is 0.233 e. The van der Waals surface area contributed by atoms with Crippen molar-refractivity contribution >= 4 is 23.6 Å². The number of benzene rings is 1. The number of carbonyl (C=O) groups excluding carboxylic acids is 2. The molecule has 8 heteroatoms. The zero-order valence-electron chi connectivity index (χ0n) is 16.0. The van der Waals surface area contributed by atoms with Gasteiger partial charge in [-0.1, -0.05) is 0 Å². The predicted molar refractivity (Wildman–Crippen MR) is 103 cm³/mol. The van der Waals surface area contributed by atoms with Crippen LogP contribution in [0.5, 0.6) is 17.2 Å². The molecule has 2 aliphatic heterocycles. The zero-order chi connectivity index (χ0) is 19.4. The number of nitrogens with zero attached hydrogens (tertiary/aromatic N) is 2. The highest BCUT2D eigenvalue weighted by Gasteiger charge is 2.35. The van der Waals surface area contributed by atoms with E-state index in [0.29, 0.717) is 42.5 Å². The highest BCUT2D eigenvalue weighted by Crippen LogP contribution is 2.46. The molecule has 0 N–H and O–H groups in total. The number of carbonyl (C=O) groups is 2. The van der Waals surface area contributed by atoms with Crippen LogP contribution in [-0.4, -0.2) is 68.3 Å². The molecule has 2 amide bonds. The zero-order valence-corrected chi connectivity index (χ0v) is 16.8. The summed E-state index contributed by atoms with van der Waals surface area (Å²) in [6.07, 6.45) is 2.34. The van der Waals surface area contributed by atoms with Crippen LogP contribution in [0, 0.1) is 0 Å². The first-order chi connectivity index (χ1) is 13.1. The van der Waals surface area contributed by atoms with Crippen molar-refractivity contribution < 1.29 is 23.8 Å². The topological polar surface area (TPSA) is 68.3 Å². The van der Waals surface area contributed by atoms with E-state index in [1.165, 1.54) is 0 Å². The standard InChI is InChI=1S/C19H26N2O5S/c1-24-14-11-16(26-3)15(25-2)10-13(14)19-21(18(23)12-27-19)9-5-8-20-7-4-6-17(20)22/h10-11,19H,4-9,12H2,1-3H3. The van der Waals surface area contributed by atoms with Crippen LogP contribution in [0.1, 0.15) is 30.2 Å². The van der Waals surface area contributed by atoms with E-state index in [9.17, 15) is 9.59 Å². The van der Waals surface area contributed by atoms with Gasteiger partial charge in [-0.2, -0.15) is 0 Å². The molecule has 3 rings (SSSR count). The van der Waals surface area contributed by atoms with E-state index >= 15 is 0 Å². The van der Waals surface area contributed by atoms with E-state index < -0.39 is 0 Å². The normalized spacial score (nSPS) is 19.7. The maximum absolute atomic E-state index is 12.5. The maximum atomic E-state index is 12.5. The highest BCUT2D eigenvalue weighted by molar-refractivity contribution is 8.00. The summed E-state index contributed by atoms with van der Waals surface area (Å²) >= 11 is 1.58. The van der Waals surface area contributed by atoms with Gasteiger partial charge in [0, 0.05) is 37.7 Å². The summed E-state index contributed by atoms with van der Waals surface area (Å²) in [6, 6.07) is 3.67. The Kier molecular flexibility index (Phi) is 6.36. The summed E-state index contributed by atoms with van der Waals surface area (Å²) in [7, 11) is 4.78. The SMILES string of the molecule is COc1cc(OC)c(C2SCC(=O)N2CCCN2CCCC2=O)cc1OC. The van der Waals surface area contributed by atoms with Gasteiger partial charge in [-0.3, -0.25) is 9.59 Å². The van der Waals surface area contributed by atoms with Crippen LogP contribution in [0.15, 0.2) is 12.1 Å². The molecule has 148 valence electrons. The third kappa shape index (κ3) is 4.10. The summed E-state index contributed by atoms with van der Waals surface area (Å²) in [5.74, 6) is 2.62. The van der Waals surface area contributed by atoms with Crippen molar-refractivity contribution in [3.63, 3.8) is 0 Å². The summed E-state index contributed by atoms with van der Waals surface area (Å²) in [6.45, 7) is 2.13. The number of rotatable bonds is 8. The van der Waals surface area contributed by atoms with Crippen LogP contribution < -0.4 is 14.2 Å².